The van der Waals surface area contributed by atoms with Crippen molar-refractivity contribution in [1.29, 1.82) is 0 Å². The van der Waals surface area contributed by atoms with Gasteiger partial charge in [-0.25, -0.2) is 0 Å². The Morgan fingerprint density at radius 2 is 2.05 bits per heavy atom. The fourth-order valence-electron chi connectivity index (χ4n) is 2.63. The van der Waals surface area contributed by atoms with Gasteiger partial charge in [0.1, 0.15) is 6.26 Å². The number of likely N-dealkylation sites (tertiary alicyclic amines) is 1. The zero-order chi connectivity index (χ0) is 15.4. The van der Waals surface area contributed by atoms with E-state index in [2.05, 4.69) is 5.32 Å². The van der Waals surface area contributed by atoms with Gasteiger partial charge in [-0.1, -0.05) is 0 Å². The number of amides is 2. The molecule has 0 spiro atoms. The van der Waals surface area contributed by atoms with Gasteiger partial charge in [-0.2, -0.15) is 0 Å². The number of carbonyl (C=O) groups excluding carboxylic acids is 2. The first kappa shape index (κ1) is 14.4. The number of furan rings is 2. The first-order valence-electron chi connectivity index (χ1n) is 7.37. The van der Waals surface area contributed by atoms with Crippen LogP contribution in [0.2, 0.25) is 0 Å². The van der Waals surface area contributed by atoms with E-state index in [1.807, 2.05) is 0 Å². The molecule has 1 N–H and O–H groups in total. The highest BCUT2D eigenvalue weighted by atomic mass is 16.3. The molecule has 0 radical (unpaired) electrons. The molecule has 3 heterocycles. The number of nitrogens with zero attached hydrogens (tertiary/aromatic N) is 1. The lowest BCUT2D eigenvalue weighted by molar-refractivity contribution is 0.0653. The monoisotopic (exact) mass is 302 g/mol. The summed E-state index contributed by atoms with van der Waals surface area (Å²) in [5.41, 5.74) is 0.533. The third kappa shape index (κ3) is 3.21. The Bertz CT molecular complexity index is 611. The molecule has 0 aromatic carbocycles. The topological polar surface area (TPSA) is 75.7 Å². The van der Waals surface area contributed by atoms with E-state index in [4.69, 9.17) is 8.83 Å². The van der Waals surface area contributed by atoms with E-state index in [9.17, 15) is 9.59 Å². The summed E-state index contributed by atoms with van der Waals surface area (Å²) in [7, 11) is 0. The van der Waals surface area contributed by atoms with Gasteiger partial charge in [-0.05, 0) is 37.0 Å². The van der Waals surface area contributed by atoms with Crippen molar-refractivity contribution >= 4 is 11.8 Å². The quantitative estimate of drug-likeness (QED) is 0.939. The molecule has 2 amide bonds. The van der Waals surface area contributed by atoms with E-state index in [1.54, 1.807) is 23.1 Å². The predicted octanol–water partition coefficient (Wildman–Crippen LogP) is 2.15. The Balaban J connectivity index is 1.44. The Morgan fingerprint density at radius 3 is 2.68 bits per heavy atom. The molecular formula is C16H18N2O4. The Labute approximate surface area is 128 Å². The number of carbonyl (C=O) groups is 2. The van der Waals surface area contributed by atoms with Crippen molar-refractivity contribution in [2.45, 2.75) is 12.8 Å². The van der Waals surface area contributed by atoms with E-state index in [1.165, 1.54) is 18.8 Å². The van der Waals surface area contributed by atoms with Crippen molar-refractivity contribution in [3.63, 3.8) is 0 Å². The molecule has 0 saturated carbocycles. The molecule has 0 unspecified atom stereocenters. The van der Waals surface area contributed by atoms with Crippen molar-refractivity contribution in [2.75, 3.05) is 19.6 Å². The zero-order valence-electron chi connectivity index (χ0n) is 12.2. The lowest BCUT2D eigenvalue weighted by atomic mass is 9.96. The van der Waals surface area contributed by atoms with E-state index < -0.39 is 0 Å². The van der Waals surface area contributed by atoms with Crippen LogP contribution in [0.5, 0.6) is 0 Å². The molecule has 0 atom stereocenters. The summed E-state index contributed by atoms with van der Waals surface area (Å²) < 4.78 is 10.0. The standard InChI is InChI=1S/C16H18N2O4/c19-15(13-5-9-21-11-13)17-10-12-3-6-18(7-4-12)16(20)14-2-1-8-22-14/h1-2,5,8-9,11-12H,3-4,6-7,10H2,(H,17,19). The van der Waals surface area contributed by atoms with E-state index in [0.29, 0.717) is 36.9 Å². The second-order valence-electron chi connectivity index (χ2n) is 5.43. The predicted molar refractivity (Wildman–Crippen MR) is 78.4 cm³/mol. The SMILES string of the molecule is O=C(NCC1CCN(C(=O)c2ccco2)CC1)c1ccoc1. The van der Waals surface area contributed by atoms with Gasteiger partial charge in [0.25, 0.3) is 11.8 Å². The van der Waals surface area contributed by atoms with Crippen LogP contribution in [-0.4, -0.2) is 36.3 Å². The minimum atomic E-state index is -0.122. The fourth-order valence-corrected chi connectivity index (χ4v) is 2.63. The minimum absolute atomic E-state index is 0.0640. The summed E-state index contributed by atoms with van der Waals surface area (Å²) in [6, 6.07) is 5.03. The molecular weight excluding hydrogens is 284 g/mol. The van der Waals surface area contributed by atoms with E-state index in [0.717, 1.165) is 12.8 Å². The summed E-state index contributed by atoms with van der Waals surface area (Å²) >= 11 is 0. The third-order valence-electron chi connectivity index (χ3n) is 3.97. The summed E-state index contributed by atoms with van der Waals surface area (Å²) in [5.74, 6) is 0.580. The van der Waals surface area contributed by atoms with Gasteiger partial charge >= 0.3 is 0 Å². The maximum atomic E-state index is 12.1. The zero-order valence-corrected chi connectivity index (χ0v) is 12.2. The van der Waals surface area contributed by atoms with Crippen LogP contribution in [0.1, 0.15) is 33.8 Å². The summed E-state index contributed by atoms with van der Waals surface area (Å²) in [6.07, 6.45) is 6.16. The van der Waals surface area contributed by atoms with Crippen LogP contribution in [0.4, 0.5) is 0 Å². The number of hydrogen-bond donors (Lipinski definition) is 1. The van der Waals surface area contributed by atoms with Gasteiger partial charge in [-0.15, -0.1) is 0 Å². The van der Waals surface area contributed by atoms with Crippen LogP contribution in [0.3, 0.4) is 0 Å². The number of nitrogens with one attached hydrogen (secondary N) is 1. The third-order valence-corrected chi connectivity index (χ3v) is 3.97. The van der Waals surface area contributed by atoms with Crippen LogP contribution in [0.25, 0.3) is 0 Å². The van der Waals surface area contributed by atoms with Gasteiger partial charge in [0.05, 0.1) is 18.1 Å². The number of piperidine rings is 1. The lowest BCUT2D eigenvalue weighted by Gasteiger charge is -2.31. The summed E-state index contributed by atoms with van der Waals surface area (Å²) in [6.45, 7) is 1.99. The minimum Gasteiger partial charge on any atom is -0.472 e. The van der Waals surface area contributed by atoms with Crippen molar-refractivity contribution in [2.24, 2.45) is 5.92 Å². The van der Waals surface area contributed by atoms with Crippen molar-refractivity contribution in [3.8, 4) is 0 Å². The second-order valence-corrected chi connectivity index (χ2v) is 5.43. The van der Waals surface area contributed by atoms with Gasteiger partial charge in [0.2, 0.25) is 0 Å². The Morgan fingerprint density at radius 1 is 1.23 bits per heavy atom. The molecule has 1 aliphatic rings. The fraction of sp³-hybridized carbons (Fsp3) is 0.375. The smallest absolute Gasteiger partial charge is 0.289 e. The highest BCUT2D eigenvalue weighted by Crippen LogP contribution is 2.18. The Hall–Kier alpha value is -2.50. The molecule has 0 aliphatic carbocycles. The molecule has 2 aromatic heterocycles. The maximum Gasteiger partial charge on any atom is 0.289 e. The molecule has 1 fully saturated rings. The first-order valence-corrected chi connectivity index (χ1v) is 7.37. The molecule has 0 bridgehead atoms. The maximum absolute atomic E-state index is 12.1. The van der Waals surface area contributed by atoms with Crippen molar-refractivity contribution in [3.05, 3.63) is 48.3 Å². The van der Waals surface area contributed by atoms with Crippen molar-refractivity contribution in [1.82, 2.24) is 10.2 Å². The van der Waals surface area contributed by atoms with E-state index in [-0.39, 0.29) is 11.8 Å². The molecule has 22 heavy (non-hydrogen) atoms. The van der Waals surface area contributed by atoms with Gasteiger partial charge in [0.15, 0.2) is 5.76 Å². The molecule has 6 nitrogen and oxygen atoms in total. The van der Waals surface area contributed by atoms with Crippen LogP contribution in [0, 0.1) is 5.92 Å². The van der Waals surface area contributed by atoms with Crippen LogP contribution >= 0.6 is 0 Å². The van der Waals surface area contributed by atoms with Gasteiger partial charge < -0.3 is 19.1 Å². The molecule has 1 saturated heterocycles. The van der Waals surface area contributed by atoms with Crippen LogP contribution < -0.4 is 5.32 Å². The second kappa shape index (κ2) is 6.51. The molecule has 2 aromatic rings. The molecule has 3 rings (SSSR count). The highest BCUT2D eigenvalue weighted by molar-refractivity contribution is 5.93. The Kier molecular flexibility index (Phi) is 4.27. The average Bonchev–Trinajstić information content (AvgIpc) is 3.25. The molecule has 1 aliphatic heterocycles. The average molecular weight is 302 g/mol. The van der Waals surface area contributed by atoms with Crippen LogP contribution in [0.15, 0.2) is 45.8 Å². The largest absolute Gasteiger partial charge is 0.472 e. The molecule has 116 valence electrons. The number of rotatable bonds is 4. The van der Waals surface area contributed by atoms with Crippen LogP contribution in [-0.2, 0) is 0 Å². The van der Waals surface area contributed by atoms with Crippen molar-refractivity contribution < 1.29 is 18.4 Å². The first-order chi connectivity index (χ1) is 10.7. The normalized spacial score (nSPS) is 15.7. The highest BCUT2D eigenvalue weighted by Gasteiger charge is 2.25. The lowest BCUT2D eigenvalue weighted by Crippen LogP contribution is -2.41. The summed E-state index contributed by atoms with van der Waals surface area (Å²) in [4.78, 5) is 25.8. The van der Waals surface area contributed by atoms with Gasteiger partial charge in [0, 0.05) is 19.6 Å². The van der Waals surface area contributed by atoms with E-state index >= 15 is 0 Å². The summed E-state index contributed by atoms with van der Waals surface area (Å²) in [5, 5.41) is 2.91. The van der Waals surface area contributed by atoms with Gasteiger partial charge in [-0.3, -0.25) is 9.59 Å². The molecule has 6 heteroatoms. The number of hydrogen-bond acceptors (Lipinski definition) is 4.